The second-order valence-corrected chi connectivity index (χ2v) is 5.77. The van der Waals surface area contributed by atoms with E-state index in [2.05, 4.69) is 43.3 Å². The molecule has 5 heteroatoms. The lowest BCUT2D eigenvalue weighted by atomic mass is 10.2. The van der Waals surface area contributed by atoms with E-state index in [1.54, 1.807) is 6.20 Å². The number of aromatic nitrogens is 1. The minimum Gasteiger partial charge on any atom is -0.372 e. The Labute approximate surface area is 126 Å². The van der Waals surface area contributed by atoms with E-state index in [4.69, 9.17) is 0 Å². The van der Waals surface area contributed by atoms with Crippen LogP contribution in [0.2, 0.25) is 0 Å². The molecule has 0 saturated carbocycles. The summed E-state index contributed by atoms with van der Waals surface area (Å²) in [5, 5.41) is 2.99. The quantitative estimate of drug-likeness (QED) is 0.904. The molecule has 1 N–H and O–H groups in total. The van der Waals surface area contributed by atoms with Crippen molar-refractivity contribution < 1.29 is 4.39 Å². The highest BCUT2D eigenvalue weighted by atomic mass is 79.9. The van der Waals surface area contributed by atoms with Gasteiger partial charge in [-0.1, -0.05) is 0 Å². The summed E-state index contributed by atoms with van der Waals surface area (Å²) in [5.41, 5.74) is 2.05. The Bertz CT molecular complexity index is 595. The summed E-state index contributed by atoms with van der Waals surface area (Å²) in [6.07, 6.45) is 4.09. The molecule has 0 spiro atoms. The molecule has 104 valence electrons. The molecule has 1 aliphatic heterocycles. The van der Waals surface area contributed by atoms with E-state index in [0.29, 0.717) is 4.47 Å². The lowest BCUT2D eigenvalue weighted by molar-refractivity contribution is 0.625. The highest BCUT2D eigenvalue weighted by Gasteiger charge is 2.12. The van der Waals surface area contributed by atoms with E-state index in [0.717, 1.165) is 18.8 Å². The van der Waals surface area contributed by atoms with Gasteiger partial charge in [0.25, 0.3) is 0 Å². The molecule has 1 aliphatic rings. The van der Waals surface area contributed by atoms with Gasteiger partial charge in [-0.25, -0.2) is 9.37 Å². The van der Waals surface area contributed by atoms with Gasteiger partial charge in [-0.3, -0.25) is 0 Å². The van der Waals surface area contributed by atoms with E-state index in [-0.39, 0.29) is 11.6 Å². The number of nitrogens with zero attached hydrogens (tertiary/aromatic N) is 2. The summed E-state index contributed by atoms with van der Waals surface area (Å²) in [6.45, 7) is 2.24. The zero-order valence-electron chi connectivity index (χ0n) is 10.9. The third-order valence-corrected chi connectivity index (χ3v) is 3.84. The van der Waals surface area contributed by atoms with Crippen LogP contribution in [0.5, 0.6) is 0 Å². The van der Waals surface area contributed by atoms with Crippen molar-refractivity contribution in [3.63, 3.8) is 0 Å². The molecular formula is C15H15BrFN3. The minimum atomic E-state index is -0.372. The van der Waals surface area contributed by atoms with Crippen LogP contribution in [0.4, 0.5) is 21.6 Å². The fraction of sp³-hybridized carbons (Fsp3) is 0.267. The average Bonchev–Trinajstić information content (AvgIpc) is 2.97. The van der Waals surface area contributed by atoms with Gasteiger partial charge in [0.2, 0.25) is 0 Å². The SMILES string of the molecule is Fc1cc(Br)cnc1Nc1ccc(N2CCCC2)cc1. The summed E-state index contributed by atoms with van der Waals surface area (Å²) >= 11 is 3.19. The van der Waals surface area contributed by atoms with Crippen molar-refractivity contribution in [1.29, 1.82) is 0 Å². The molecule has 0 bridgehead atoms. The molecule has 1 fully saturated rings. The van der Waals surface area contributed by atoms with Crippen LogP contribution in [-0.4, -0.2) is 18.1 Å². The van der Waals surface area contributed by atoms with Gasteiger partial charge < -0.3 is 10.2 Å². The maximum atomic E-state index is 13.7. The van der Waals surface area contributed by atoms with Crippen LogP contribution in [0.1, 0.15) is 12.8 Å². The van der Waals surface area contributed by atoms with E-state index in [1.165, 1.54) is 24.6 Å². The van der Waals surface area contributed by atoms with Crippen molar-refractivity contribution in [2.24, 2.45) is 0 Å². The van der Waals surface area contributed by atoms with Crippen molar-refractivity contribution in [3.05, 3.63) is 46.8 Å². The van der Waals surface area contributed by atoms with Gasteiger partial charge in [0, 0.05) is 35.1 Å². The second-order valence-electron chi connectivity index (χ2n) is 4.85. The summed E-state index contributed by atoms with van der Waals surface area (Å²) in [5.74, 6) is -0.134. The number of halogens is 2. The number of hydrogen-bond acceptors (Lipinski definition) is 3. The number of benzene rings is 1. The van der Waals surface area contributed by atoms with Gasteiger partial charge in [0.15, 0.2) is 11.6 Å². The maximum absolute atomic E-state index is 13.7. The lowest BCUT2D eigenvalue weighted by Gasteiger charge is -2.18. The van der Waals surface area contributed by atoms with Crippen molar-refractivity contribution in [2.45, 2.75) is 12.8 Å². The van der Waals surface area contributed by atoms with Crippen LogP contribution >= 0.6 is 15.9 Å². The Morgan fingerprint density at radius 2 is 1.85 bits per heavy atom. The molecular weight excluding hydrogens is 321 g/mol. The van der Waals surface area contributed by atoms with Crippen LogP contribution in [0, 0.1) is 5.82 Å². The molecule has 1 aromatic carbocycles. The normalized spacial score (nSPS) is 14.6. The smallest absolute Gasteiger partial charge is 0.166 e. The Morgan fingerprint density at radius 1 is 1.15 bits per heavy atom. The Kier molecular flexibility index (Phi) is 3.87. The molecule has 3 rings (SSSR count). The van der Waals surface area contributed by atoms with E-state index in [1.807, 2.05) is 12.1 Å². The van der Waals surface area contributed by atoms with Crippen molar-refractivity contribution in [2.75, 3.05) is 23.3 Å². The molecule has 2 aromatic rings. The third-order valence-electron chi connectivity index (χ3n) is 3.41. The average molecular weight is 336 g/mol. The van der Waals surface area contributed by atoms with Crippen LogP contribution in [-0.2, 0) is 0 Å². The van der Waals surface area contributed by atoms with Gasteiger partial charge in [-0.15, -0.1) is 0 Å². The molecule has 3 nitrogen and oxygen atoms in total. The fourth-order valence-corrected chi connectivity index (χ4v) is 2.68. The van der Waals surface area contributed by atoms with Crippen molar-refractivity contribution >= 4 is 33.1 Å². The Balaban J connectivity index is 1.74. The first-order valence-electron chi connectivity index (χ1n) is 6.65. The molecule has 0 amide bonds. The number of hydrogen-bond donors (Lipinski definition) is 1. The second kappa shape index (κ2) is 5.79. The first-order valence-corrected chi connectivity index (χ1v) is 7.45. The van der Waals surface area contributed by atoms with Crippen LogP contribution < -0.4 is 10.2 Å². The lowest BCUT2D eigenvalue weighted by Crippen LogP contribution is -2.17. The highest BCUT2D eigenvalue weighted by Crippen LogP contribution is 2.24. The summed E-state index contributed by atoms with van der Waals surface area (Å²) in [6, 6.07) is 9.43. The van der Waals surface area contributed by atoms with Crippen LogP contribution in [0.15, 0.2) is 41.0 Å². The van der Waals surface area contributed by atoms with Crippen LogP contribution in [0.25, 0.3) is 0 Å². The number of pyridine rings is 1. The molecule has 0 unspecified atom stereocenters. The molecule has 0 radical (unpaired) electrons. The summed E-state index contributed by atoms with van der Waals surface area (Å²) in [4.78, 5) is 6.39. The number of nitrogens with one attached hydrogen (secondary N) is 1. The highest BCUT2D eigenvalue weighted by molar-refractivity contribution is 9.10. The predicted molar refractivity (Wildman–Crippen MR) is 83.1 cm³/mol. The van der Waals surface area contributed by atoms with E-state index < -0.39 is 0 Å². The van der Waals surface area contributed by atoms with Gasteiger partial charge in [-0.05, 0) is 59.1 Å². The van der Waals surface area contributed by atoms with Crippen LogP contribution in [0.3, 0.4) is 0 Å². The standard InChI is InChI=1S/C15H15BrFN3/c16-11-9-14(17)15(18-10-11)19-12-3-5-13(6-4-12)20-7-1-2-8-20/h3-6,9-10H,1-2,7-8H2,(H,18,19). The van der Waals surface area contributed by atoms with E-state index in [9.17, 15) is 4.39 Å². The van der Waals surface area contributed by atoms with Gasteiger partial charge in [-0.2, -0.15) is 0 Å². The largest absolute Gasteiger partial charge is 0.372 e. The predicted octanol–water partition coefficient (Wildman–Crippen LogP) is 4.33. The Morgan fingerprint density at radius 3 is 2.50 bits per heavy atom. The molecule has 20 heavy (non-hydrogen) atoms. The zero-order valence-corrected chi connectivity index (χ0v) is 12.5. The van der Waals surface area contributed by atoms with E-state index >= 15 is 0 Å². The van der Waals surface area contributed by atoms with Crippen molar-refractivity contribution in [3.8, 4) is 0 Å². The summed E-state index contributed by atoms with van der Waals surface area (Å²) in [7, 11) is 0. The van der Waals surface area contributed by atoms with Gasteiger partial charge in [0.05, 0.1) is 0 Å². The molecule has 2 heterocycles. The number of anilines is 3. The van der Waals surface area contributed by atoms with Gasteiger partial charge >= 0.3 is 0 Å². The topological polar surface area (TPSA) is 28.2 Å². The fourth-order valence-electron chi connectivity index (χ4n) is 2.37. The molecule has 0 aliphatic carbocycles. The molecule has 1 saturated heterocycles. The Hall–Kier alpha value is -1.62. The zero-order chi connectivity index (χ0) is 13.9. The van der Waals surface area contributed by atoms with Crippen molar-refractivity contribution in [1.82, 2.24) is 4.98 Å². The maximum Gasteiger partial charge on any atom is 0.166 e. The monoisotopic (exact) mass is 335 g/mol. The number of rotatable bonds is 3. The van der Waals surface area contributed by atoms with Gasteiger partial charge in [0.1, 0.15) is 0 Å². The third kappa shape index (κ3) is 2.93. The summed E-state index contributed by atoms with van der Waals surface area (Å²) < 4.78 is 14.3. The molecule has 1 aromatic heterocycles. The minimum absolute atomic E-state index is 0.238. The first-order chi connectivity index (χ1) is 9.72. The first kappa shape index (κ1) is 13.4. The molecule has 0 atom stereocenters.